The number of sulfonamides is 1. The van der Waals surface area contributed by atoms with Crippen molar-refractivity contribution in [3.8, 4) is 0 Å². The van der Waals surface area contributed by atoms with Gasteiger partial charge in [0.1, 0.15) is 0 Å². The average Bonchev–Trinajstić information content (AvgIpc) is 2.38. The number of hydrogen-bond acceptors (Lipinski definition) is 4. The second-order valence-electron chi connectivity index (χ2n) is 4.95. The molecule has 0 aliphatic carbocycles. The van der Waals surface area contributed by atoms with Gasteiger partial charge in [0, 0.05) is 18.7 Å². The van der Waals surface area contributed by atoms with Crippen molar-refractivity contribution in [2.24, 2.45) is 5.92 Å². The number of rotatable bonds is 8. The van der Waals surface area contributed by atoms with Crippen LogP contribution in [0.15, 0.2) is 29.2 Å². The molecule has 6 heteroatoms. The van der Waals surface area contributed by atoms with Crippen LogP contribution in [0.4, 0.5) is 0 Å². The quantitative estimate of drug-likeness (QED) is 0.587. The fraction of sp³-hybridized carbons (Fsp3) is 0.500. The topological polar surface area (TPSA) is 72.5 Å². The first-order chi connectivity index (χ1) is 9.33. The molecule has 20 heavy (non-hydrogen) atoms. The highest BCUT2D eigenvalue weighted by atomic mass is 32.2. The Hall–Kier alpha value is -1.24. The van der Waals surface area contributed by atoms with Crippen LogP contribution in [0, 0.1) is 5.92 Å². The lowest BCUT2D eigenvalue weighted by Gasteiger charge is -2.09. The van der Waals surface area contributed by atoms with Gasteiger partial charge < -0.3 is 4.74 Å². The molecule has 0 atom stereocenters. The number of benzene rings is 1. The van der Waals surface area contributed by atoms with Crippen LogP contribution in [0.1, 0.15) is 31.1 Å². The van der Waals surface area contributed by atoms with Gasteiger partial charge in [-0.25, -0.2) is 13.1 Å². The van der Waals surface area contributed by atoms with E-state index in [4.69, 9.17) is 4.74 Å². The van der Waals surface area contributed by atoms with Crippen LogP contribution in [-0.2, 0) is 14.8 Å². The van der Waals surface area contributed by atoms with E-state index < -0.39 is 10.0 Å². The molecule has 0 amide bonds. The summed E-state index contributed by atoms with van der Waals surface area (Å²) in [5.41, 5.74) is 0.379. The van der Waals surface area contributed by atoms with Gasteiger partial charge >= 0.3 is 0 Å². The Morgan fingerprint density at radius 2 is 2.05 bits per heavy atom. The van der Waals surface area contributed by atoms with Gasteiger partial charge in [-0.15, -0.1) is 0 Å². The number of hydrogen-bond donors (Lipinski definition) is 1. The highest BCUT2D eigenvalue weighted by Crippen LogP contribution is 2.11. The van der Waals surface area contributed by atoms with Crippen molar-refractivity contribution < 1.29 is 17.9 Å². The van der Waals surface area contributed by atoms with Crippen molar-refractivity contribution in [3.63, 3.8) is 0 Å². The number of carbonyl (C=O) groups is 1. The van der Waals surface area contributed by atoms with Gasteiger partial charge in [-0.1, -0.05) is 26.0 Å². The predicted octanol–water partition coefficient (Wildman–Crippen LogP) is 1.84. The Kier molecular flexibility index (Phi) is 6.32. The molecule has 1 aromatic carbocycles. The van der Waals surface area contributed by atoms with Crippen LogP contribution >= 0.6 is 0 Å². The van der Waals surface area contributed by atoms with E-state index in [1.165, 1.54) is 19.1 Å². The van der Waals surface area contributed by atoms with E-state index in [0.717, 1.165) is 0 Å². The molecular formula is C14H21NO4S. The first-order valence-corrected chi connectivity index (χ1v) is 7.99. The van der Waals surface area contributed by atoms with E-state index in [0.29, 0.717) is 24.7 Å². The van der Waals surface area contributed by atoms with Gasteiger partial charge in [0.2, 0.25) is 10.0 Å². The SMILES string of the molecule is CC(=O)c1cccc(S(=O)(=O)NCCOCC(C)C)c1. The van der Waals surface area contributed by atoms with Crippen molar-refractivity contribution in [1.82, 2.24) is 4.72 Å². The lowest BCUT2D eigenvalue weighted by Crippen LogP contribution is -2.28. The van der Waals surface area contributed by atoms with E-state index in [9.17, 15) is 13.2 Å². The fourth-order valence-electron chi connectivity index (χ4n) is 1.53. The third-order valence-corrected chi connectivity index (χ3v) is 4.00. The Balaban J connectivity index is 2.60. The predicted molar refractivity (Wildman–Crippen MR) is 77.3 cm³/mol. The fourth-order valence-corrected chi connectivity index (χ4v) is 2.59. The van der Waals surface area contributed by atoms with E-state index in [-0.39, 0.29) is 17.2 Å². The smallest absolute Gasteiger partial charge is 0.240 e. The maximum Gasteiger partial charge on any atom is 0.240 e. The summed E-state index contributed by atoms with van der Waals surface area (Å²) < 4.78 is 31.8. The Morgan fingerprint density at radius 1 is 1.35 bits per heavy atom. The van der Waals surface area contributed by atoms with Crippen molar-refractivity contribution in [1.29, 1.82) is 0 Å². The van der Waals surface area contributed by atoms with Gasteiger partial charge in [0.15, 0.2) is 5.78 Å². The highest BCUT2D eigenvalue weighted by molar-refractivity contribution is 7.89. The first-order valence-electron chi connectivity index (χ1n) is 6.51. The normalized spacial score (nSPS) is 11.8. The number of ketones is 1. The van der Waals surface area contributed by atoms with E-state index in [1.807, 2.05) is 13.8 Å². The standard InChI is InChI=1S/C14H21NO4S/c1-11(2)10-19-8-7-15-20(17,18)14-6-4-5-13(9-14)12(3)16/h4-6,9,11,15H,7-8,10H2,1-3H3. The zero-order valence-corrected chi connectivity index (χ0v) is 12.9. The van der Waals surface area contributed by atoms with Crippen LogP contribution in [-0.4, -0.2) is 34.0 Å². The summed E-state index contributed by atoms with van der Waals surface area (Å²) in [5.74, 6) is 0.251. The summed E-state index contributed by atoms with van der Waals surface area (Å²) in [7, 11) is -3.60. The minimum atomic E-state index is -3.60. The molecule has 0 bridgehead atoms. The van der Waals surface area contributed by atoms with Gasteiger partial charge in [-0.3, -0.25) is 4.79 Å². The van der Waals surface area contributed by atoms with Crippen LogP contribution < -0.4 is 4.72 Å². The van der Waals surface area contributed by atoms with Gasteiger partial charge in [-0.05, 0) is 25.0 Å². The summed E-state index contributed by atoms with van der Waals surface area (Å²) in [6.07, 6.45) is 0. The molecule has 0 fully saturated rings. The van der Waals surface area contributed by atoms with Crippen LogP contribution in [0.2, 0.25) is 0 Å². The molecule has 0 unspecified atom stereocenters. The van der Waals surface area contributed by atoms with Crippen LogP contribution in [0.5, 0.6) is 0 Å². The number of ether oxygens (including phenoxy) is 1. The molecule has 1 rings (SSSR count). The first kappa shape index (κ1) is 16.8. The summed E-state index contributed by atoms with van der Waals surface area (Å²) in [4.78, 5) is 11.3. The Bertz CT molecular complexity index is 552. The lowest BCUT2D eigenvalue weighted by atomic mass is 10.2. The summed E-state index contributed by atoms with van der Waals surface area (Å²) >= 11 is 0. The maximum absolute atomic E-state index is 12.0. The molecule has 0 aliphatic rings. The van der Waals surface area contributed by atoms with Gasteiger partial charge in [0.25, 0.3) is 0 Å². The minimum Gasteiger partial charge on any atom is -0.380 e. The third kappa shape index (κ3) is 5.40. The summed E-state index contributed by atoms with van der Waals surface area (Å²) in [6, 6.07) is 5.98. The van der Waals surface area contributed by atoms with Crippen molar-refractivity contribution >= 4 is 15.8 Å². The zero-order chi connectivity index (χ0) is 15.2. The molecule has 0 radical (unpaired) electrons. The molecular weight excluding hydrogens is 278 g/mol. The van der Waals surface area contributed by atoms with Crippen molar-refractivity contribution in [2.45, 2.75) is 25.7 Å². The molecule has 0 saturated carbocycles. The van der Waals surface area contributed by atoms with E-state index in [1.54, 1.807) is 12.1 Å². The van der Waals surface area contributed by atoms with Crippen LogP contribution in [0.3, 0.4) is 0 Å². The maximum atomic E-state index is 12.0. The number of nitrogens with one attached hydrogen (secondary N) is 1. The van der Waals surface area contributed by atoms with E-state index >= 15 is 0 Å². The molecule has 112 valence electrons. The lowest BCUT2D eigenvalue weighted by molar-refractivity contribution is 0.101. The minimum absolute atomic E-state index is 0.0917. The third-order valence-electron chi connectivity index (χ3n) is 2.54. The van der Waals surface area contributed by atoms with Gasteiger partial charge in [-0.2, -0.15) is 0 Å². The average molecular weight is 299 g/mol. The monoisotopic (exact) mass is 299 g/mol. The van der Waals surface area contributed by atoms with Crippen molar-refractivity contribution in [3.05, 3.63) is 29.8 Å². The second-order valence-corrected chi connectivity index (χ2v) is 6.72. The molecule has 0 saturated heterocycles. The summed E-state index contributed by atoms with van der Waals surface area (Å²) in [6.45, 7) is 6.58. The second kappa shape index (κ2) is 7.52. The molecule has 5 nitrogen and oxygen atoms in total. The molecule has 0 spiro atoms. The van der Waals surface area contributed by atoms with Gasteiger partial charge in [0.05, 0.1) is 11.5 Å². The molecule has 0 aromatic heterocycles. The molecule has 0 aliphatic heterocycles. The summed E-state index contributed by atoms with van der Waals surface area (Å²) in [5, 5.41) is 0. The number of carbonyl (C=O) groups excluding carboxylic acids is 1. The largest absolute Gasteiger partial charge is 0.380 e. The van der Waals surface area contributed by atoms with Crippen molar-refractivity contribution in [2.75, 3.05) is 19.8 Å². The zero-order valence-electron chi connectivity index (χ0n) is 12.0. The Morgan fingerprint density at radius 3 is 2.65 bits per heavy atom. The highest BCUT2D eigenvalue weighted by Gasteiger charge is 2.14. The number of Topliss-reactive ketones (excluding diaryl/α,β-unsaturated/α-hetero) is 1. The van der Waals surface area contributed by atoms with Crippen LogP contribution in [0.25, 0.3) is 0 Å². The Labute approximate surface area is 120 Å². The molecule has 1 N–H and O–H groups in total. The molecule has 1 aromatic rings. The molecule has 0 heterocycles. The van der Waals surface area contributed by atoms with E-state index in [2.05, 4.69) is 4.72 Å².